The van der Waals surface area contributed by atoms with Gasteiger partial charge in [0.25, 0.3) is 0 Å². The Hall–Kier alpha value is -1.29. The lowest BCUT2D eigenvalue weighted by Gasteiger charge is -2.08. The van der Waals surface area contributed by atoms with Crippen molar-refractivity contribution in [3.05, 3.63) is 23.0 Å². The van der Waals surface area contributed by atoms with E-state index < -0.39 is 0 Å². The van der Waals surface area contributed by atoms with Crippen LogP contribution in [0.2, 0.25) is 0 Å². The van der Waals surface area contributed by atoms with Gasteiger partial charge in [-0.1, -0.05) is 0 Å². The number of nitrogens with zero attached hydrogens (tertiary/aromatic N) is 1. The highest BCUT2D eigenvalue weighted by Crippen LogP contribution is 2.38. The zero-order valence-electron chi connectivity index (χ0n) is 10.6. The molecule has 0 aromatic carbocycles. The zero-order valence-corrected chi connectivity index (χ0v) is 10.6. The molecule has 2 rings (SSSR count). The molecule has 0 aliphatic heterocycles. The number of aromatic nitrogens is 1. The molecule has 0 saturated heterocycles. The average Bonchev–Trinajstić information content (AvgIpc) is 3.06. The molecular weight excluding hydrogens is 214 g/mol. The summed E-state index contributed by atoms with van der Waals surface area (Å²) in [6, 6.07) is 2.81. The minimum Gasteiger partial charge on any atom is -0.355 e. The molecule has 4 heteroatoms. The number of nitrogens with one attached hydrogen (secondary N) is 1. The van der Waals surface area contributed by atoms with Gasteiger partial charge in [0.2, 0.25) is 5.91 Å². The zero-order chi connectivity index (χ0) is 12.4. The summed E-state index contributed by atoms with van der Waals surface area (Å²) in [5, 5.41) is 2.81. The molecule has 1 aromatic rings. The number of nitrogens with two attached hydrogens (primary N) is 1. The van der Waals surface area contributed by atoms with Crippen molar-refractivity contribution in [1.82, 2.24) is 9.88 Å². The molecule has 1 fully saturated rings. The van der Waals surface area contributed by atoms with E-state index in [4.69, 9.17) is 5.73 Å². The largest absolute Gasteiger partial charge is 0.355 e. The third kappa shape index (κ3) is 2.69. The molecular formula is C13H21N3O. The van der Waals surface area contributed by atoms with Gasteiger partial charge in [0.1, 0.15) is 0 Å². The van der Waals surface area contributed by atoms with Crippen molar-refractivity contribution < 1.29 is 4.79 Å². The maximum Gasteiger partial charge on any atom is 0.224 e. The fourth-order valence-corrected chi connectivity index (χ4v) is 2.37. The molecule has 0 bridgehead atoms. The minimum absolute atomic E-state index is 0.0616. The molecule has 0 spiro atoms. The van der Waals surface area contributed by atoms with Crippen LogP contribution in [-0.2, 0) is 11.2 Å². The van der Waals surface area contributed by atoms with Crippen LogP contribution in [0.25, 0.3) is 0 Å². The van der Waals surface area contributed by atoms with Crippen LogP contribution in [0.5, 0.6) is 0 Å². The summed E-state index contributed by atoms with van der Waals surface area (Å²) in [6.07, 6.45) is 3.01. The summed E-state index contributed by atoms with van der Waals surface area (Å²) in [7, 11) is 0. The average molecular weight is 235 g/mol. The monoisotopic (exact) mass is 235 g/mol. The van der Waals surface area contributed by atoms with Crippen LogP contribution in [0.4, 0.5) is 0 Å². The molecule has 1 heterocycles. The smallest absolute Gasteiger partial charge is 0.224 e. The van der Waals surface area contributed by atoms with Crippen molar-refractivity contribution in [1.29, 1.82) is 0 Å². The van der Waals surface area contributed by atoms with Crippen molar-refractivity contribution in [2.75, 3.05) is 13.1 Å². The Balaban J connectivity index is 2.06. The molecule has 0 atom stereocenters. The van der Waals surface area contributed by atoms with E-state index in [1.807, 2.05) is 0 Å². The van der Waals surface area contributed by atoms with E-state index in [1.54, 1.807) is 0 Å². The lowest BCUT2D eigenvalue weighted by atomic mass is 10.1. The predicted octanol–water partition coefficient (Wildman–Crippen LogP) is 1.06. The molecule has 1 aliphatic carbocycles. The highest BCUT2D eigenvalue weighted by molar-refractivity contribution is 5.78. The van der Waals surface area contributed by atoms with Gasteiger partial charge < -0.3 is 15.6 Å². The molecule has 4 nitrogen and oxygen atoms in total. The molecule has 17 heavy (non-hydrogen) atoms. The highest BCUT2D eigenvalue weighted by atomic mass is 16.1. The van der Waals surface area contributed by atoms with E-state index in [0.717, 1.165) is 5.56 Å². The third-order valence-corrected chi connectivity index (χ3v) is 3.32. The number of amides is 1. The fourth-order valence-electron chi connectivity index (χ4n) is 2.37. The summed E-state index contributed by atoms with van der Waals surface area (Å²) >= 11 is 0. The Kier molecular flexibility index (Phi) is 3.52. The molecule has 94 valence electrons. The summed E-state index contributed by atoms with van der Waals surface area (Å²) in [5.41, 5.74) is 9.01. The minimum atomic E-state index is 0.0616. The van der Waals surface area contributed by atoms with Crippen LogP contribution >= 0.6 is 0 Å². The van der Waals surface area contributed by atoms with Gasteiger partial charge in [0, 0.05) is 30.5 Å². The first-order chi connectivity index (χ1) is 8.13. The molecule has 1 saturated carbocycles. The fraction of sp³-hybridized carbons (Fsp3) is 0.615. The summed E-state index contributed by atoms with van der Waals surface area (Å²) < 4.78 is 2.37. The van der Waals surface area contributed by atoms with Crippen molar-refractivity contribution in [3.63, 3.8) is 0 Å². The third-order valence-electron chi connectivity index (χ3n) is 3.32. The standard InChI is InChI=1S/C13H21N3O/c1-9-7-11(8-13(17)15-6-5-14)10(2)16(9)12-3-4-12/h7,12H,3-6,8,14H2,1-2H3,(H,15,17). The first kappa shape index (κ1) is 12.2. The van der Waals surface area contributed by atoms with Gasteiger partial charge in [-0.05, 0) is 38.3 Å². The SMILES string of the molecule is Cc1cc(CC(=O)NCCN)c(C)n1C1CC1. The van der Waals surface area contributed by atoms with Gasteiger partial charge in [-0.25, -0.2) is 0 Å². The quantitative estimate of drug-likeness (QED) is 0.801. The van der Waals surface area contributed by atoms with E-state index >= 15 is 0 Å². The lowest BCUT2D eigenvalue weighted by Crippen LogP contribution is -2.30. The van der Waals surface area contributed by atoms with Gasteiger partial charge in [-0.2, -0.15) is 0 Å². The molecule has 0 unspecified atom stereocenters. The Labute approximate surface area is 102 Å². The summed E-state index contributed by atoms with van der Waals surface area (Å²) in [4.78, 5) is 11.7. The second-order valence-electron chi connectivity index (χ2n) is 4.81. The van der Waals surface area contributed by atoms with Crippen LogP contribution in [0, 0.1) is 13.8 Å². The van der Waals surface area contributed by atoms with Gasteiger partial charge in [0.05, 0.1) is 6.42 Å². The van der Waals surface area contributed by atoms with Crippen LogP contribution in [-0.4, -0.2) is 23.6 Å². The second kappa shape index (κ2) is 4.92. The van der Waals surface area contributed by atoms with Crippen LogP contribution in [0.3, 0.4) is 0 Å². The Bertz CT molecular complexity index is 419. The summed E-state index contributed by atoms with van der Waals surface area (Å²) in [6.45, 7) is 5.27. The van der Waals surface area contributed by atoms with E-state index in [0.29, 0.717) is 25.6 Å². The normalized spacial score (nSPS) is 15.0. The molecule has 1 aliphatic rings. The maximum atomic E-state index is 11.7. The number of carbonyl (C=O) groups is 1. The molecule has 0 radical (unpaired) electrons. The van der Waals surface area contributed by atoms with Crippen molar-refractivity contribution in [3.8, 4) is 0 Å². The van der Waals surface area contributed by atoms with Gasteiger partial charge in [0.15, 0.2) is 0 Å². The second-order valence-corrected chi connectivity index (χ2v) is 4.81. The topological polar surface area (TPSA) is 60.1 Å². The van der Waals surface area contributed by atoms with E-state index in [9.17, 15) is 4.79 Å². The van der Waals surface area contributed by atoms with Crippen molar-refractivity contribution >= 4 is 5.91 Å². The number of hydrogen-bond donors (Lipinski definition) is 2. The van der Waals surface area contributed by atoms with E-state index in [2.05, 4.69) is 29.8 Å². The first-order valence-corrected chi connectivity index (χ1v) is 6.27. The number of rotatable bonds is 5. The molecule has 3 N–H and O–H groups in total. The van der Waals surface area contributed by atoms with Gasteiger partial charge >= 0.3 is 0 Å². The van der Waals surface area contributed by atoms with E-state index in [1.165, 1.54) is 24.2 Å². The number of hydrogen-bond acceptors (Lipinski definition) is 2. The lowest BCUT2D eigenvalue weighted by molar-refractivity contribution is -0.120. The van der Waals surface area contributed by atoms with Gasteiger partial charge in [-0.3, -0.25) is 4.79 Å². The van der Waals surface area contributed by atoms with Crippen LogP contribution < -0.4 is 11.1 Å². The molecule has 1 aromatic heterocycles. The number of aryl methyl sites for hydroxylation is 1. The Morgan fingerprint density at radius 3 is 2.82 bits per heavy atom. The number of carbonyl (C=O) groups excluding carboxylic acids is 1. The van der Waals surface area contributed by atoms with E-state index in [-0.39, 0.29) is 5.91 Å². The molecule has 1 amide bonds. The maximum absolute atomic E-state index is 11.7. The Morgan fingerprint density at radius 1 is 1.53 bits per heavy atom. The van der Waals surface area contributed by atoms with Crippen molar-refractivity contribution in [2.24, 2.45) is 5.73 Å². The predicted molar refractivity (Wildman–Crippen MR) is 67.9 cm³/mol. The Morgan fingerprint density at radius 2 is 2.24 bits per heavy atom. The highest BCUT2D eigenvalue weighted by Gasteiger charge is 2.27. The summed E-state index contributed by atoms with van der Waals surface area (Å²) in [5.74, 6) is 0.0616. The van der Waals surface area contributed by atoms with Gasteiger partial charge in [-0.15, -0.1) is 0 Å². The van der Waals surface area contributed by atoms with Crippen LogP contribution in [0.1, 0.15) is 35.8 Å². The van der Waals surface area contributed by atoms with Crippen molar-refractivity contribution in [2.45, 2.75) is 39.2 Å². The first-order valence-electron chi connectivity index (χ1n) is 6.27. The van der Waals surface area contributed by atoms with Crippen LogP contribution in [0.15, 0.2) is 6.07 Å².